The molecule has 110 valence electrons. The van der Waals surface area contributed by atoms with Crippen molar-refractivity contribution in [1.82, 2.24) is 0 Å². The van der Waals surface area contributed by atoms with E-state index in [0.29, 0.717) is 5.92 Å². The lowest BCUT2D eigenvalue weighted by atomic mass is 9.79. The SMILES string of the molecule is Cc1ccc(C)c(NC(=O)[C@@H]2[C@@H]3C[C@@H]4[C@H]2C(=O)O[C@@H]4C3)c1. The zero-order valence-corrected chi connectivity index (χ0v) is 12.3. The molecule has 21 heavy (non-hydrogen) atoms. The fraction of sp³-hybridized carbons (Fsp3) is 0.529. The average Bonchev–Trinajstić information content (AvgIpc) is 3.03. The van der Waals surface area contributed by atoms with Crippen LogP contribution in [-0.2, 0) is 14.3 Å². The maximum Gasteiger partial charge on any atom is 0.310 e. The zero-order chi connectivity index (χ0) is 14.7. The molecule has 0 spiro atoms. The first-order valence-corrected chi connectivity index (χ1v) is 7.63. The molecular formula is C17H19NO3. The van der Waals surface area contributed by atoms with Gasteiger partial charge in [-0.3, -0.25) is 9.59 Å². The number of carbonyl (C=O) groups excluding carboxylic acids is 2. The van der Waals surface area contributed by atoms with E-state index in [0.717, 1.165) is 29.7 Å². The van der Waals surface area contributed by atoms with Crippen molar-refractivity contribution in [2.24, 2.45) is 23.7 Å². The van der Waals surface area contributed by atoms with Crippen LogP contribution in [0, 0.1) is 37.5 Å². The van der Waals surface area contributed by atoms with Gasteiger partial charge in [0.25, 0.3) is 0 Å². The van der Waals surface area contributed by atoms with Crippen LogP contribution in [0.4, 0.5) is 5.69 Å². The van der Waals surface area contributed by atoms with Crippen molar-refractivity contribution in [3.63, 3.8) is 0 Å². The number of benzene rings is 1. The summed E-state index contributed by atoms with van der Waals surface area (Å²) in [6.07, 6.45) is 1.90. The van der Waals surface area contributed by atoms with Crippen molar-refractivity contribution in [2.45, 2.75) is 32.8 Å². The van der Waals surface area contributed by atoms with Gasteiger partial charge in [-0.25, -0.2) is 0 Å². The summed E-state index contributed by atoms with van der Waals surface area (Å²) in [5.74, 6) is -0.0111. The molecule has 2 saturated carbocycles. The van der Waals surface area contributed by atoms with Crippen molar-refractivity contribution >= 4 is 17.6 Å². The van der Waals surface area contributed by atoms with Crippen LogP contribution in [0.3, 0.4) is 0 Å². The number of amides is 1. The van der Waals surface area contributed by atoms with E-state index in [9.17, 15) is 9.59 Å². The van der Waals surface area contributed by atoms with Gasteiger partial charge in [-0.1, -0.05) is 12.1 Å². The van der Waals surface area contributed by atoms with Crippen LogP contribution < -0.4 is 5.32 Å². The molecule has 1 aromatic carbocycles. The molecule has 0 aromatic heterocycles. The van der Waals surface area contributed by atoms with Crippen molar-refractivity contribution in [2.75, 3.05) is 5.32 Å². The normalized spacial score (nSPS) is 35.9. The molecule has 2 bridgehead atoms. The molecule has 2 aliphatic carbocycles. The van der Waals surface area contributed by atoms with Crippen LogP contribution >= 0.6 is 0 Å². The molecule has 0 unspecified atom stereocenters. The van der Waals surface area contributed by atoms with E-state index in [1.54, 1.807) is 0 Å². The Morgan fingerprint density at radius 2 is 2.10 bits per heavy atom. The van der Waals surface area contributed by atoms with Crippen LogP contribution in [-0.4, -0.2) is 18.0 Å². The van der Waals surface area contributed by atoms with Crippen molar-refractivity contribution in [3.8, 4) is 0 Å². The summed E-state index contributed by atoms with van der Waals surface area (Å²) < 4.78 is 5.39. The van der Waals surface area contributed by atoms with Crippen LogP contribution in [0.2, 0.25) is 0 Å². The Balaban J connectivity index is 1.58. The number of anilines is 1. The summed E-state index contributed by atoms with van der Waals surface area (Å²) in [4.78, 5) is 24.7. The van der Waals surface area contributed by atoms with Crippen LogP contribution in [0.15, 0.2) is 18.2 Å². The van der Waals surface area contributed by atoms with Gasteiger partial charge in [-0.05, 0) is 49.8 Å². The maximum absolute atomic E-state index is 12.7. The highest BCUT2D eigenvalue weighted by atomic mass is 16.6. The minimum atomic E-state index is -0.209. The average molecular weight is 285 g/mol. The summed E-state index contributed by atoms with van der Waals surface area (Å²) in [6.45, 7) is 3.99. The molecule has 5 atom stereocenters. The molecule has 1 aromatic rings. The smallest absolute Gasteiger partial charge is 0.310 e. The Labute approximate surface area is 123 Å². The predicted molar refractivity (Wildman–Crippen MR) is 77.6 cm³/mol. The highest BCUT2D eigenvalue weighted by Crippen LogP contribution is 2.57. The number of hydrogen-bond acceptors (Lipinski definition) is 3. The second kappa shape index (κ2) is 4.33. The third-order valence-electron chi connectivity index (χ3n) is 5.44. The van der Waals surface area contributed by atoms with Gasteiger partial charge >= 0.3 is 5.97 Å². The number of aryl methyl sites for hydroxylation is 2. The van der Waals surface area contributed by atoms with E-state index in [1.165, 1.54) is 0 Å². The van der Waals surface area contributed by atoms with Gasteiger partial charge in [0.05, 0.1) is 11.8 Å². The van der Waals surface area contributed by atoms with E-state index in [-0.39, 0.29) is 35.7 Å². The lowest BCUT2D eigenvalue weighted by Crippen LogP contribution is -2.36. The van der Waals surface area contributed by atoms with Gasteiger partial charge < -0.3 is 10.1 Å². The fourth-order valence-electron chi connectivity index (χ4n) is 4.45. The van der Waals surface area contributed by atoms with Crippen molar-refractivity contribution < 1.29 is 14.3 Å². The minimum absolute atomic E-state index is 0.0153. The Kier molecular flexibility index (Phi) is 2.65. The van der Waals surface area contributed by atoms with E-state index >= 15 is 0 Å². The van der Waals surface area contributed by atoms with E-state index in [4.69, 9.17) is 4.74 Å². The third-order valence-corrected chi connectivity index (χ3v) is 5.44. The maximum atomic E-state index is 12.7. The van der Waals surface area contributed by atoms with E-state index in [2.05, 4.69) is 5.32 Å². The Morgan fingerprint density at radius 3 is 2.90 bits per heavy atom. The summed E-state index contributed by atoms with van der Waals surface area (Å²) in [6, 6.07) is 6.02. The number of rotatable bonds is 2. The number of fused-ring (bicyclic) bond motifs is 1. The minimum Gasteiger partial charge on any atom is -0.462 e. The number of ether oxygens (including phenoxy) is 1. The van der Waals surface area contributed by atoms with Crippen molar-refractivity contribution in [3.05, 3.63) is 29.3 Å². The molecule has 3 fully saturated rings. The molecule has 1 N–H and O–H groups in total. The lowest BCUT2D eigenvalue weighted by Gasteiger charge is -2.24. The van der Waals surface area contributed by atoms with Crippen LogP contribution in [0.1, 0.15) is 24.0 Å². The first-order valence-electron chi connectivity index (χ1n) is 7.63. The van der Waals surface area contributed by atoms with E-state index in [1.807, 2.05) is 32.0 Å². The molecule has 1 amide bonds. The predicted octanol–water partition coefficient (Wildman–Crippen LogP) is 2.44. The van der Waals surface area contributed by atoms with Crippen LogP contribution in [0.25, 0.3) is 0 Å². The quantitative estimate of drug-likeness (QED) is 0.849. The highest BCUT2D eigenvalue weighted by Gasteiger charge is 2.63. The third kappa shape index (κ3) is 1.81. The van der Waals surface area contributed by atoms with Crippen molar-refractivity contribution in [1.29, 1.82) is 0 Å². The lowest BCUT2D eigenvalue weighted by molar-refractivity contribution is -0.145. The summed E-state index contributed by atoms with van der Waals surface area (Å²) in [5, 5.41) is 3.03. The Morgan fingerprint density at radius 1 is 1.29 bits per heavy atom. The molecular weight excluding hydrogens is 266 g/mol. The molecule has 0 radical (unpaired) electrons. The molecule has 1 aliphatic heterocycles. The first kappa shape index (κ1) is 12.9. The second-order valence-corrected chi connectivity index (χ2v) is 6.73. The second-order valence-electron chi connectivity index (χ2n) is 6.73. The van der Waals surface area contributed by atoms with Gasteiger partial charge in [0.15, 0.2) is 0 Å². The zero-order valence-electron chi connectivity index (χ0n) is 12.3. The van der Waals surface area contributed by atoms with Crippen LogP contribution in [0.5, 0.6) is 0 Å². The summed E-state index contributed by atoms with van der Waals surface area (Å²) >= 11 is 0. The standard InChI is InChI=1S/C17H19NO3/c1-8-3-4-9(2)12(5-8)18-16(19)14-10-6-11-13(7-10)21-17(20)15(11)14/h3-5,10-11,13-15H,6-7H2,1-2H3,(H,18,19)/t10-,11+,13-,14-,15-/m1/s1. The van der Waals surface area contributed by atoms with E-state index < -0.39 is 0 Å². The number of hydrogen-bond donors (Lipinski definition) is 1. The van der Waals surface area contributed by atoms with Gasteiger partial charge in [-0.15, -0.1) is 0 Å². The largest absolute Gasteiger partial charge is 0.462 e. The number of carbonyl (C=O) groups is 2. The molecule has 1 heterocycles. The Hall–Kier alpha value is -1.84. The van der Waals surface area contributed by atoms with Gasteiger partial charge in [0, 0.05) is 11.6 Å². The Bertz CT molecular complexity index is 637. The topological polar surface area (TPSA) is 55.4 Å². The molecule has 4 nitrogen and oxygen atoms in total. The summed E-state index contributed by atoms with van der Waals surface area (Å²) in [5.41, 5.74) is 3.01. The van der Waals surface area contributed by atoms with Gasteiger partial charge in [0.2, 0.25) is 5.91 Å². The molecule has 4 heteroatoms. The summed E-state index contributed by atoms with van der Waals surface area (Å²) in [7, 11) is 0. The molecule has 4 rings (SSSR count). The molecule has 1 saturated heterocycles. The number of esters is 1. The van der Waals surface area contributed by atoms with Gasteiger partial charge in [-0.2, -0.15) is 0 Å². The van der Waals surface area contributed by atoms with Gasteiger partial charge in [0.1, 0.15) is 6.10 Å². The monoisotopic (exact) mass is 285 g/mol. The number of nitrogens with one attached hydrogen (secondary N) is 1. The fourth-order valence-corrected chi connectivity index (χ4v) is 4.45. The molecule has 3 aliphatic rings. The highest BCUT2D eigenvalue weighted by molar-refractivity contribution is 5.97. The first-order chi connectivity index (χ1) is 10.0.